The van der Waals surface area contributed by atoms with E-state index in [1.54, 1.807) is 0 Å². The number of aryl methyl sites for hydroxylation is 8. The van der Waals surface area contributed by atoms with Gasteiger partial charge in [-0.05, 0) is 212 Å². The molecule has 0 aliphatic carbocycles. The lowest BCUT2D eigenvalue weighted by molar-refractivity contribution is 0.991. The average molecular weight is 1380 g/mol. The van der Waals surface area contributed by atoms with Gasteiger partial charge in [0.25, 0.3) is 0 Å². The first-order chi connectivity index (χ1) is 51.5. The standard InChI is InChI=1S/C31H26N2.C25H22N2.C23H20N2.C19H18N2/c1-21-22(2)32-23(3)33-31(21)27-16-14-26(15-17-27)30-19-28(24-10-6-4-7-11-24)18-29(20-30)25-12-8-5-9-13-25;1-17-18(2)26-19(3)27-25(17)24-15-13-23(14-16-24)22-11-9-21(10-12-22)20-7-5-4-6-8-20;1-15-16(2)24-17(3)25-23(15)22-14-13-19(18-9-5-4-6-10-18)20-11-7-8-12-21(20)22;1-13-14(2)20-15(3)21-19(13)18-11-9-17(10-12-18)16-7-5-4-6-8-16/h4-20H,1-3H3;4-16H,1-3H3;4-14H,1-3H3;4-12H,1-3H3. The van der Waals surface area contributed by atoms with Crippen molar-refractivity contribution in [3.05, 3.63) is 372 Å². The zero-order chi connectivity index (χ0) is 73.8. The molecule has 0 unspecified atom stereocenters. The second-order valence-corrected chi connectivity index (χ2v) is 27.0. The summed E-state index contributed by atoms with van der Waals surface area (Å²) in [6, 6.07) is 107. The monoisotopic (exact) mass is 1370 g/mol. The lowest BCUT2D eigenvalue weighted by atomic mass is 9.92. The molecule has 0 atom stereocenters. The van der Waals surface area contributed by atoms with Crippen molar-refractivity contribution in [2.75, 3.05) is 0 Å². The molecule has 8 nitrogen and oxygen atoms in total. The van der Waals surface area contributed by atoms with E-state index in [-0.39, 0.29) is 0 Å². The zero-order valence-electron chi connectivity index (χ0n) is 62.4. The molecule has 0 radical (unpaired) electrons. The van der Waals surface area contributed by atoms with Crippen molar-refractivity contribution in [1.82, 2.24) is 39.9 Å². The fourth-order valence-electron chi connectivity index (χ4n) is 13.5. The summed E-state index contributed by atoms with van der Waals surface area (Å²) in [5.41, 5.74) is 34.5. The van der Waals surface area contributed by atoms with Crippen LogP contribution in [0.3, 0.4) is 0 Å². The molecule has 0 amide bonds. The van der Waals surface area contributed by atoms with Gasteiger partial charge in [-0.3, -0.25) is 0 Å². The first-order valence-corrected chi connectivity index (χ1v) is 36.1. The maximum atomic E-state index is 4.75. The lowest BCUT2D eigenvalue weighted by Gasteiger charge is -2.14. The number of hydrogen-bond donors (Lipinski definition) is 0. The molecule has 0 saturated carbocycles. The maximum Gasteiger partial charge on any atom is 0.126 e. The van der Waals surface area contributed by atoms with Gasteiger partial charge in [-0.25, -0.2) is 39.9 Å². The van der Waals surface area contributed by atoms with E-state index in [4.69, 9.17) is 9.97 Å². The SMILES string of the molecule is Cc1nc(C)c(C)c(-c2ccc(-c3cc(-c4ccccc4)cc(-c4ccccc4)c3)cc2)n1.Cc1nc(C)c(C)c(-c2ccc(-c3ccc(-c4ccccc4)cc3)cc2)n1.Cc1nc(C)c(C)c(-c2ccc(-c3ccccc3)c3ccccc23)n1.Cc1nc(C)c(C)c(-c2ccc(-c3ccccc3)cc2)n1. The van der Waals surface area contributed by atoms with Crippen LogP contribution in [0.15, 0.2) is 303 Å². The van der Waals surface area contributed by atoms with E-state index < -0.39 is 0 Å². The highest BCUT2D eigenvalue weighted by Gasteiger charge is 2.17. The predicted octanol–water partition coefficient (Wildman–Crippen LogP) is 25.1. The summed E-state index contributed by atoms with van der Waals surface area (Å²) in [6.45, 7) is 24.3. The molecule has 16 rings (SSSR count). The Balaban J connectivity index is 0.000000127. The van der Waals surface area contributed by atoms with Gasteiger partial charge in [0.15, 0.2) is 0 Å². The molecular formula is C98H86N8. The Hall–Kier alpha value is -12.8. The Kier molecular flexibility index (Phi) is 22.1. The van der Waals surface area contributed by atoms with Crippen molar-refractivity contribution in [3.8, 4) is 123 Å². The van der Waals surface area contributed by atoms with Crippen LogP contribution < -0.4 is 0 Å². The highest BCUT2D eigenvalue weighted by molar-refractivity contribution is 6.05. The van der Waals surface area contributed by atoms with Crippen molar-refractivity contribution in [1.29, 1.82) is 0 Å². The molecule has 4 heterocycles. The molecule has 16 aromatic rings. The van der Waals surface area contributed by atoms with Gasteiger partial charge in [-0.2, -0.15) is 0 Å². The van der Waals surface area contributed by atoms with Gasteiger partial charge in [0.1, 0.15) is 23.3 Å². The Morgan fingerprint density at radius 2 is 0.349 bits per heavy atom. The minimum atomic E-state index is 0.806. The molecular weight excluding hydrogens is 1290 g/mol. The first kappa shape index (κ1) is 71.6. The van der Waals surface area contributed by atoms with Crippen LogP contribution in [-0.4, -0.2) is 39.9 Å². The van der Waals surface area contributed by atoms with E-state index in [9.17, 15) is 0 Å². The summed E-state index contributed by atoms with van der Waals surface area (Å²) in [5, 5.41) is 2.48. The Morgan fingerprint density at radius 3 is 0.642 bits per heavy atom. The topological polar surface area (TPSA) is 103 Å². The molecule has 106 heavy (non-hydrogen) atoms. The summed E-state index contributed by atoms with van der Waals surface area (Å²) in [4.78, 5) is 36.5. The van der Waals surface area contributed by atoms with Gasteiger partial charge in [-0.15, -0.1) is 0 Å². The fraction of sp³-hybridized carbons (Fsp3) is 0.122. The van der Waals surface area contributed by atoms with Gasteiger partial charge in [0.05, 0.1) is 22.8 Å². The second kappa shape index (κ2) is 32.7. The average Bonchev–Trinajstić information content (AvgIpc) is 0.765. The molecule has 0 fully saturated rings. The zero-order valence-corrected chi connectivity index (χ0v) is 62.4. The van der Waals surface area contributed by atoms with E-state index in [2.05, 4.69) is 349 Å². The fourth-order valence-corrected chi connectivity index (χ4v) is 13.5. The number of nitrogens with zero attached hydrogens (tertiary/aromatic N) is 8. The normalized spacial score (nSPS) is 10.8. The summed E-state index contributed by atoms with van der Waals surface area (Å²) < 4.78 is 0. The predicted molar refractivity (Wildman–Crippen MR) is 442 cm³/mol. The summed E-state index contributed by atoms with van der Waals surface area (Å²) in [6.07, 6.45) is 0. The van der Waals surface area contributed by atoms with Crippen LogP contribution in [0.5, 0.6) is 0 Å². The second-order valence-electron chi connectivity index (χ2n) is 27.0. The highest BCUT2D eigenvalue weighted by atomic mass is 14.9. The molecule has 0 aliphatic heterocycles. The number of rotatable bonds is 11. The van der Waals surface area contributed by atoms with E-state index in [1.807, 2.05) is 67.5 Å². The van der Waals surface area contributed by atoms with Crippen molar-refractivity contribution < 1.29 is 0 Å². The van der Waals surface area contributed by atoms with Crippen LogP contribution in [0.4, 0.5) is 0 Å². The smallest absolute Gasteiger partial charge is 0.126 e. The molecule has 8 heteroatoms. The summed E-state index contributed by atoms with van der Waals surface area (Å²) in [7, 11) is 0. The summed E-state index contributed by atoms with van der Waals surface area (Å²) >= 11 is 0. The van der Waals surface area contributed by atoms with Crippen LogP contribution in [-0.2, 0) is 0 Å². The third-order valence-electron chi connectivity index (χ3n) is 19.7. The van der Waals surface area contributed by atoms with Crippen LogP contribution in [0, 0.1) is 83.1 Å². The Labute approximate surface area is 624 Å². The molecule has 0 N–H and O–H groups in total. The van der Waals surface area contributed by atoms with Gasteiger partial charge in [0.2, 0.25) is 0 Å². The molecule has 0 spiro atoms. The Morgan fingerprint density at radius 1 is 0.151 bits per heavy atom. The van der Waals surface area contributed by atoms with E-state index in [0.717, 1.165) is 108 Å². The molecule has 518 valence electrons. The maximum absolute atomic E-state index is 4.75. The van der Waals surface area contributed by atoms with Crippen molar-refractivity contribution >= 4 is 10.8 Å². The molecule has 0 saturated heterocycles. The molecule has 0 bridgehead atoms. The highest BCUT2D eigenvalue weighted by Crippen LogP contribution is 2.39. The minimum Gasteiger partial charge on any atom is -0.238 e. The van der Waals surface area contributed by atoms with Crippen molar-refractivity contribution in [2.24, 2.45) is 0 Å². The van der Waals surface area contributed by atoms with Gasteiger partial charge in [-0.1, -0.05) is 285 Å². The van der Waals surface area contributed by atoms with Gasteiger partial charge < -0.3 is 0 Å². The van der Waals surface area contributed by atoms with E-state index in [1.165, 1.54) is 94.2 Å². The van der Waals surface area contributed by atoms with E-state index in [0.29, 0.717) is 0 Å². The minimum absolute atomic E-state index is 0.806. The largest absolute Gasteiger partial charge is 0.238 e. The molecule has 0 aliphatic rings. The number of hydrogen-bond acceptors (Lipinski definition) is 8. The number of aromatic nitrogens is 8. The van der Waals surface area contributed by atoms with Crippen LogP contribution in [0.2, 0.25) is 0 Å². The molecule has 12 aromatic carbocycles. The molecule has 4 aromatic heterocycles. The van der Waals surface area contributed by atoms with Crippen LogP contribution in [0.25, 0.3) is 134 Å². The lowest BCUT2D eigenvalue weighted by Crippen LogP contribution is -1.99. The van der Waals surface area contributed by atoms with Gasteiger partial charge in [0, 0.05) is 45.0 Å². The van der Waals surface area contributed by atoms with Gasteiger partial charge >= 0.3 is 0 Å². The van der Waals surface area contributed by atoms with E-state index >= 15 is 0 Å². The third-order valence-corrected chi connectivity index (χ3v) is 19.7. The first-order valence-electron chi connectivity index (χ1n) is 36.1. The van der Waals surface area contributed by atoms with Crippen LogP contribution in [0.1, 0.15) is 68.3 Å². The number of fused-ring (bicyclic) bond motifs is 1. The van der Waals surface area contributed by atoms with Crippen LogP contribution >= 0.6 is 0 Å². The third kappa shape index (κ3) is 16.6. The Bertz CT molecular complexity index is 5650. The quantitative estimate of drug-likeness (QED) is 0.126. The van der Waals surface area contributed by atoms with Crippen molar-refractivity contribution in [2.45, 2.75) is 83.1 Å². The summed E-state index contributed by atoms with van der Waals surface area (Å²) in [5.74, 6) is 3.25. The van der Waals surface area contributed by atoms with Crippen molar-refractivity contribution in [3.63, 3.8) is 0 Å². The number of benzene rings is 12.